The van der Waals surface area contributed by atoms with Crippen molar-refractivity contribution in [2.75, 3.05) is 5.73 Å². The Balaban J connectivity index is 2.77. The standard InChI is InChI=1S/C10H11F2N3/c1-2-5-15-9-7(14-10(15)13)4-3-6(11)8(9)12/h3-4H,2,5H2,1H3,(H2,13,14). The number of anilines is 1. The van der Waals surface area contributed by atoms with Gasteiger partial charge in [0.05, 0.1) is 5.52 Å². The fourth-order valence-corrected chi connectivity index (χ4v) is 1.63. The van der Waals surface area contributed by atoms with E-state index in [0.717, 1.165) is 12.5 Å². The van der Waals surface area contributed by atoms with Crippen LogP contribution >= 0.6 is 0 Å². The number of hydrogen-bond acceptors (Lipinski definition) is 2. The number of hydrogen-bond donors (Lipinski definition) is 1. The summed E-state index contributed by atoms with van der Waals surface area (Å²) >= 11 is 0. The van der Waals surface area contributed by atoms with Crippen LogP contribution in [0.5, 0.6) is 0 Å². The lowest BCUT2D eigenvalue weighted by Gasteiger charge is -2.04. The van der Waals surface area contributed by atoms with E-state index in [4.69, 9.17) is 5.73 Å². The molecule has 0 amide bonds. The zero-order valence-corrected chi connectivity index (χ0v) is 8.30. The van der Waals surface area contributed by atoms with E-state index in [0.29, 0.717) is 12.1 Å². The molecule has 1 aromatic carbocycles. The van der Waals surface area contributed by atoms with Gasteiger partial charge in [0.1, 0.15) is 5.52 Å². The van der Waals surface area contributed by atoms with Gasteiger partial charge in [-0.1, -0.05) is 6.92 Å². The molecule has 3 nitrogen and oxygen atoms in total. The third-order valence-corrected chi connectivity index (χ3v) is 2.28. The summed E-state index contributed by atoms with van der Waals surface area (Å²) in [5, 5.41) is 0. The Bertz CT molecular complexity index is 505. The summed E-state index contributed by atoms with van der Waals surface area (Å²) in [7, 11) is 0. The first kappa shape index (κ1) is 9.89. The van der Waals surface area contributed by atoms with Gasteiger partial charge in [-0.25, -0.2) is 13.8 Å². The summed E-state index contributed by atoms with van der Waals surface area (Å²) in [6.07, 6.45) is 0.783. The largest absolute Gasteiger partial charge is 0.369 e. The van der Waals surface area contributed by atoms with Crippen LogP contribution in [0.3, 0.4) is 0 Å². The average Bonchev–Trinajstić information content (AvgIpc) is 2.51. The number of nitrogens with two attached hydrogens (primary N) is 1. The molecule has 0 radical (unpaired) electrons. The highest BCUT2D eigenvalue weighted by atomic mass is 19.2. The van der Waals surface area contributed by atoms with Gasteiger partial charge in [0.25, 0.3) is 0 Å². The molecule has 1 heterocycles. The molecule has 0 bridgehead atoms. The molecule has 2 rings (SSSR count). The van der Waals surface area contributed by atoms with Crippen LogP contribution in [0.1, 0.15) is 13.3 Å². The van der Waals surface area contributed by atoms with Gasteiger partial charge in [-0.05, 0) is 18.6 Å². The molecule has 5 heteroatoms. The number of aryl methyl sites for hydroxylation is 1. The van der Waals surface area contributed by atoms with Gasteiger partial charge >= 0.3 is 0 Å². The molecular weight excluding hydrogens is 200 g/mol. The molecule has 0 fully saturated rings. The van der Waals surface area contributed by atoms with Gasteiger partial charge in [-0.15, -0.1) is 0 Å². The fraction of sp³-hybridized carbons (Fsp3) is 0.300. The number of aromatic nitrogens is 2. The van der Waals surface area contributed by atoms with Crippen LogP contribution in [0.2, 0.25) is 0 Å². The minimum Gasteiger partial charge on any atom is -0.369 e. The highest BCUT2D eigenvalue weighted by Gasteiger charge is 2.15. The van der Waals surface area contributed by atoms with E-state index in [1.165, 1.54) is 10.6 Å². The molecule has 15 heavy (non-hydrogen) atoms. The number of fused-ring (bicyclic) bond motifs is 1. The molecule has 0 aliphatic heterocycles. The van der Waals surface area contributed by atoms with Crippen molar-refractivity contribution in [1.29, 1.82) is 0 Å². The number of halogens is 2. The fourth-order valence-electron chi connectivity index (χ4n) is 1.63. The van der Waals surface area contributed by atoms with E-state index in [9.17, 15) is 8.78 Å². The smallest absolute Gasteiger partial charge is 0.201 e. The first-order valence-corrected chi connectivity index (χ1v) is 4.75. The zero-order chi connectivity index (χ0) is 11.0. The van der Waals surface area contributed by atoms with Crippen molar-refractivity contribution in [2.24, 2.45) is 0 Å². The molecule has 0 aliphatic rings. The molecule has 0 aliphatic carbocycles. The molecule has 80 valence electrons. The Hall–Kier alpha value is -1.65. The predicted molar refractivity (Wildman–Crippen MR) is 54.4 cm³/mol. The van der Waals surface area contributed by atoms with Gasteiger partial charge < -0.3 is 10.3 Å². The average molecular weight is 211 g/mol. The van der Waals surface area contributed by atoms with Gasteiger partial charge in [0.15, 0.2) is 11.6 Å². The van der Waals surface area contributed by atoms with Crippen LogP contribution in [0.25, 0.3) is 11.0 Å². The quantitative estimate of drug-likeness (QED) is 0.828. The van der Waals surface area contributed by atoms with Gasteiger partial charge in [-0.2, -0.15) is 0 Å². The van der Waals surface area contributed by atoms with E-state index in [1.807, 2.05) is 6.92 Å². The molecule has 2 N–H and O–H groups in total. The van der Waals surface area contributed by atoms with Crippen LogP contribution in [0.15, 0.2) is 12.1 Å². The van der Waals surface area contributed by atoms with Gasteiger partial charge in [-0.3, -0.25) is 0 Å². The predicted octanol–water partition coefficient (Wildman–Crippen LogP) is 2.31. The summed E-state index contributed by atoms with van der Waals surface area (Å²) in [5.74, 6) is -1.54. The van der Waals surface area contributed by atoms with Crippen molar-refractivity contribution in [3.05, 3.63) is 23.8 Å². The first-order chi connectivity index (χ1) is 7.15. The van der Waals surface area contributed by atoms with Crippen molar-refractivity contribution < 1.29 is 8.78 Å². The Kier molecular flexibility index (Phi) is 2.30. The van der Waals surface area contributed by atoms with E-state index < -0.39 is 11.6 Å². The van der Waals surface area contributed by atoms with Gasteiger partial charge in [0.2, 0.25) is 5.95 Å². The molecule has 0 spiro atoms. The number of benzene rings is 1. The normalized spacial score (nSPS) is 11.1. The number of imidazole rings is 1. The van der Waals surface area contributed by atoms with E-state index in [1.54, 1.807) is 0 Å². The molecule has 0 saturated heterocycles. The first-order valence-electron chi connectivity index (χ1n) is 4.75. The molecule has 1 aromatic heterocycles. The van der Waals surface area contributed by atoms with Crippen molar-refractivity contribution in [2.45, 2.75) is 19.9 Å². The van der Waals surface area contributed by atoms with Crippen LogP contribution in [0, 0.1) is 11.6 Å². The lowest BCUT2D eigenvalue weighted by molar-refractivity contribution is 0.511. The second kappa shape index (κ2) is 3.49. The monoisotopic (exact) mass is 211 g/mol. The Morgan fingerprint density at radius 3 is 2.80 bits per heavy atom. The number of rotatable bonds is 2. The highest BCUT2D eigenvalue weighted by molar-refractivity contribution is 5.79. The van der Waals surface area contributed by atoms with Crippen molar-refractivity contribution in [3.63, 3.8) is 0 Å². The minimum atomic E-state index is -0.884. The summed E-state index contributed by atoms with van der Waals surface area (Å²) in [5.41, 5.74) is 6.16. The van der Waals surface area contributed by atoms with E-state index in [-0.39, 0.29) is 11.5 Å². The van der Waals surface area contributed by atoms with Crippen molar-refractivity contribution >= 4 is 17.0 Å². The van der Waals surface area contributed by atoms with Crippen LogP contribution < -0.4 is 5.73 Å². The van der Waals surface area contributed by atoms with Crippen molar-refractivity contribution in [3.8, 4) is 0 Å². The van der Waals surface area contributed by atoms with Crippen LogP contribution in [0.4, 0.5) is 14.7 Å². The lowest BCUT2D eigenvalue weighted by atomic mass is 10.3. The highest BCUT2D eigenvalue weighted by Crippen LogP contribution is 2.23. The van der Waals surface area contributed by atoms with Crippen molar-refractivity contribution in [1.82, 2.24) is 9.55 Å². The third-order valence-electron chi connectivity index (χ3n) is 2.28. The Labute approximate surface area is 85.5 Å². The second-order valence-electron chi connectivity index (χ2n) is 3.35. The lowest BCUT2D eigenvalue weighted by Crippen LogP contribution is -2.03. The maximum absolute atomic E-state index is 13.5. The number of nitrogens with zero attached hydrogens (tertiary/aromatic N) is 2. The molecular formula is C10H11F2N3. The van der Waals surface area contributed by atoms with Gasteiger partial charge in [0, 0.05) is 6.54 Å². The molecule has 0 atom stereocenters. The topological polar surface area (TPSA) is 43.8 Å². The Morgan fingerprint density at radius 2 is 2.13 bits per heavy atom. The van der Waals surface area contributed by atoms with E-state index in [2.05, 4.69) is 4.98 Å². The SMILES string of the molecule is CCCn1c(N)nc2ccc(F)c(F)c21. The van der Waals surface area contributed by atoms with E-state index >= 15 is 0 Å². The third kappa shape index (κ3) is 1.44. The van der Waals surface area contributed by atoms with Crippen LogP contribution in [-0.4, -0.2) is 9.55 Å². The maximum atomic E-state index is 13.5. The maximum Gasteiger partial charge on any atom is 0.201 e. The summed E-state index contributed by atoms with van der Waals surface area (Å²) in [4.78, 5) is 3.97. The summed E-state index contributed by atoms with van der Waals surface area (Å²) < 4.78 is 28.0. The molecule has 0 saturated carbocycles. The number of nitrogen functional groups attached to an aromatic ring is 1. The Morgan fingerprint density at radius 1 is 1.40 bits per heavy atom. The second-order valence-corrected chi connectivity index (χ2v) is 3.35. The summed E-state index contributed by atoms with van der Waals surface area (Å²) in [6.45, 7) is 2.46. The molecule has 2 aromatic rings. The summed E-state index contributed by atoms with van der Waals surface area (Å²) in [6, 6.07) is 2.48. The zero-order valence-electron chi connectivity index (χ0n) is 8.30. The van der Waals surface area contributed by atoms with Crippen LogP contribution in [-0.2, 0) is 6.54 Å². The molecule has 0 unspecified atom stereocenters. The minimum absolute atomic E-state index is 0.148.